The van der Waals surface area contributed by atoms with Crippen molar-refractivity contribution in [1.82, 2.24) is 9.80 Å². The molecule has 110 valence electrons. The van der Waals surface area contributed by atoms with Gasteiger partial charge in [-0.15, -0.1) is 0 Å². The van der Waals surface area contributed by atoms with Crippen molar-refractivity contribution >= 4 is 11.8 Å². The number of carbonyl (C=O) groups is 2. The Kier molecular flexibility index (Phi) is 5.75. The normalized spacial score (nSPS) is 18.2. The van der Waals surface area contributed by atoms with Crippen molar-refractivity contribution in [2.75, 3.05) is 39.3 Å². The molecule has 1 aliphatic heterocycles. The molecule has 6 nitrogen and oxygen atoms in total. The summed E-state index contributed by atoms with van der Waals surface area (Å²) in [5, 5.41) is 0. The number of hydrogen-bond acceptors (Lipinski definition) is 4. The van der Waals surface area contributed by atoms with Crippen molar-refractivity contribution in [3.63, 3.8) is 0 Å². The van der Waals surface area contributed by atoms with Crippen LogP contribution in [0.4, 0.5) is 0 Å². The number of ether oxygens (including phenoxy) is 1. The topological polar surface area (TPSA) is 75.9 Å². The summed E-state index contributed by atoms with van der Waals surface area (Å²) in [7, 11) is 0. The van der Waals surface area contributed by atoms with E-state index in [1.165, 1.54) is 0 Å². The number of primary amides is 1. The number of rotatable bonds is 4. The van der Waals surface area contributed by atoms with Crippen LogP contribution in [-0.2, 0) is 14.3 Å². The first-order valence-corrected chi connectivity index (χ1v) is 6.70. The van der Waals surface area contributed by atoms with Gasteiger partial charge >= 0.3 is 0 Å². The summed E-state index contributed by atoms with van der Waals surface area (Å²) in [5.41, 5.74) is 4.88. The van der Waals surface area contributed by atoms with E-state index in [1.807, 2.05) is 25.7 Å². The summed E-state index contributed by atoms with van der Waals surface area (Å²) in [4.78, 5) is 26.7. The third kappa shape index (κ3) is 6.54. The summed E-state index contributed by atoms with van der Waals surface area (Å²) in [5.74, 6) is -0.313. The van der Waals surface area contributed by atoms with E-state index < -0.39 is 0 Å². The maximum Gasteiger partial charge on any atom is 0.248 e. The number of hydrogen-bond donors (Lipinski definition) is 1. The Hall–Kier alpha value is -1.14. The second kappa shape index (κ2) is 6.86. The zero-order valence-electron chi connectivity index (χ0n) is 12.1. The molecule has 0 spiro atoms. The number of nitrogens with two attached hydrogens (primary N) is 1. The van der Waals surface area contributed by atoms with Gasteiger partial charge in [-0.25, -0.2) is 0 Å². The lowest BCUT2D eigenvalue weighted by atomic mass is 10.2. The van der Waals surface area contributed by atoms with E-state index in [4.69, 9.17) is 10.5 Å². The largest absolute Gasteiger partial charge is 0.369 e. The van der Waals surface area contributed by atoms with Crippen molar-refractivity contribution in [3.8, 4) is 0 Å². The van der Waals surface area contributed by atoms with Gasteiger partial charge in [0.2, 0.25) is 11.8 Å². The molecule has 0 bridgehead atoms. The Balaban J connectivity index is 2.39. The van der Waals surface area contributed by atoms with Gasteiger partial charge in [0.05, 0.1) is 12.1 Å². The Morgan fingerprint density at radius 1 is 1.16 bits per heavy atom. The molecule has 1 saturated heterocycles. The van der Waals surface area contributed by atoms with E-state index >= 15 is 0 Å². The lowest BCUT2D eigenvalue weighted by molar-refractivity contribution is -0.140. The molecule has 2 amide bonds. The molecule has 6 heteroatoms. The second-order valence-corrected chi connectivity index (χ2v) is 5.88. The van der Waals surface area contributed by atoms with Gasteiger partial charge < -0.3 is 15.4 Å². The lowest BCUT2D eigenvalue weighted by Crippen LogP contribution is -2.40. The molecule has 0 aliphatic carbocycles. The van der Waals surface area contributed by atoms with Crippen LogP contribution in [0.5, 0.6) is 0 Å². The third-order valence-corrected chi connectivity index (χ3v) is 2.95. The standard InChI is InChI=1S/C13H25N3O3/c1-13(2,3)19-10-12(18)16-6-4-5-15(7-8-16)9-11(14)17/h4-10H2,1-3H3,(H2,14,17). The van der Waals surface area contributed by atoms with Gasteiger partial charge in [0.1, 0.15) is 6.61 Å². The first-order valence-electron chi connectivity index (χ1n) is 6.70. The molecule has 0 saturated carbocycles. The molecule has 0 aromatic carbocycles. The lowest BCUT2D eigenvalue weighted by Gasteiger charge is -2.24. The smallest absolute Gasteiger partial charge is 0.248 e. The Morgan fingerprint density at radius 3 is 2.42 bits per heavy atom. The van der Waals surface area contributed by atoms with Crippen LogP contribution in [-0.4, -0.2) is 66.5 Å². The molecule has 0 aromatic rings. The first kappa shape index (κ1) is 15.9. The van der Waals surface area contributed by atoms with Crippen LogP contribution in [0.15, 0.2) is 0 Å². The predicted octanol–water partition coefficient (Wildman–Crippen LogP) is -0.179. The minimum Gasteiger partial charge on any atom is -0.369 e. The van der Waals surface area contributed by atoms with Gasteiger partial charge in [0.25, 0.3) is 0 Å². The van der Waals surface area contributed by atoms with Gasteiger partial charge in [-0.2, -0.15) is 0 Å². The van der Waals surface area contributed by atoms with Crippen LogP contribution < -0.4 is 5.73 Å². The van der Waals surface area contributed by atoms with Gasteiger partial charge in [0, 0.05) is 26.2 Å². The Bertz CT molecular complexity index is 326. The Labute approximate surface area is 114 Å². The van der Waals surface area contributed by atoms with E-state index in [0.29, 0.717) is 19.6 Å². The number of carbonyl (C=O) groups excluding carboxylic acids is 2. The molecular formula is C13H25N3O3. The van der Waals surface area contributed by atoms with Gasteiger partial charge in [-0.05, 0) is 27.2 Å². The van der Waals surface area contributed by atoms with Crippen LogP contribution in [0.25, 0.3) is 0 Å². The van der Waals surface area contributed by atoms with Crippen LogP contribution >= 0.6 is 0 Å². The quantitative estimate of drug-likeness (QED) is 0.769. The minimum atomic E-state index is -0.323. The highest BCUT2D eigenvalue weighted by Crippen LogP contribution is 2.08. The molecule has 0 radical (unpaired) electrons. The van der Waals surface area contributed by atoms with Gasteiger partial charge in [-0.1, -0.05) is 0 Å². The molecule has 0 atom stereocenters. The summed E-state index contributed by atoms with van der Waals surface area (Å²) < 4.78 is 5.50. The second-order valence-electron chi connectivity index (χ2n) is 5.88. The van der Waals surface area contributed by atoms with E-state index in [-0.39, 0.29) is 30.6 Å². The highest BCUT2D eigenvalue weighted by molar-refractivity contribution is 5.77. The fourth-order valence-electron chi connectivity index (χ4n) is 1.97. The number of nitrogens with zero attached hydrogens (tertiary/aromatic N) is 2. The highest BCUT2D eigenvalue weighted by atomic mass is 16.5. The molecule has 1 heterocycles. The molecular weight excluding hydrogens is 246 g/mol. The van der Waals surface area contributed by atoms with Crippen LogP contribution in [0, 0.1) is 0 Å². The highest BCUT2D eigenvalue weighted by Gasteiger charge is 2.21. The van der Waals surface area contributed by atoms with Crippen molar-refractivity contribution in [3.05, 3.63) is 0 Å². The molecule has 1 fully saturated rings. The van der Waals surface area contributed by atoms with E-state index in [2.05, 4.69) is 0 Å². The summed E-state index contributed by atoms with van der Waals surface area (Å²) in [6, 6.07) is 0. The molecule has 1 rings (SSSR count). The average molecular weight is 271 g/mol. The molecule has 19 heavy (non-hydrogen) atoms. The van der Waals surface area contributed by atoms with Crippen LogP contribution in [0.2, 0.25) is 0 Å². The van der Waals surface area contributed by atoms with E-state index in [0.717, 1.165) is 13.0 Å². The van der Waals surface area contributed by atoms with E-state index in [1.54, 1.807) is 4.90 Å². The fraction of sp³-hybridized carbons (Fsp3) is 0.846. The summed E-state index contributed by atoms with van der Waals surface area (Å²) in [6.45, 7) is 8.98. The zero-order valence-corrected chi connectivity index (χ0v) is 12.1. The predicted molar refractivity (Wildman–Crippen MR) is 72.5 cm³/mol. The maximum atomic E-state index is 12.0. The molecule has 0 aromatic heterocycles. The van der Waals surface area contributed by atoms with Crippen molar-refractivity contribution in [2.24, 2.45) is 5.73 Å². The zero-order chi connectivity index (χ0) is 14.5. The van der Waals surface area contributed by atoms with Gasteiger partial charge in [0.15, 0.2) is 0 Å². The Morgan fingerprint density at radius 2 is 1.84 bits per heavy atom. The molecule has 2 N–H and O–H groups in total. The van der Waals surface area contributed by atoms with Crippen molar-refractivity contribution in [2.45, 2.75) is 32.8 Å². The minimum absolute atomic E-state index is 0.0100. The first-order chi connectivity index (χ1) is 8.78. The fourth-order valence-corrected chi connectivity index (χ4v) is 1.97. The maximum absolute atomic E-state index is 12.0. The average Bonchev–Trinajstić information content (AvgIpc) is 2.50. The third-order valence-electron chi connectivity index (χ3n) is 2.95. The van der Waals surface area contributed by atoms with Crippen LogP contribution in [0.1, 0.15) is 27.2 Å². The van der Waals surface area contributed by atoms with E-state index in [9.17, 15) is 9.59 Å². The van der Waals surface area contributed by atoms with Gasteiger partial charge in [-0.3, -0.25) is 14.5 Å². The van der Waals surface area contributed by atoms with Crippen molar-refractivity contribution < 1.29 is 14.3 Å². The summed E-state index contributed by atoms with van der Waals surface area (Å²) >= 11 is 0. The van der Waals surface area contributed by atoms with Crippen molar-refractivity contribution in [1.29, 1.82) is 0 Å². The molecule has 1 aliphatic rings. The number of amides is 2. The molecule has 0 unspecified atom stereocenters. The summed E-state index contributed by atoms with van der Waals surface area (Å²) in [6.07, 6.45) is 0.856. The van der Waals surface area contributed by atoms with Crippen LogP contribution in [0.3, 0.4) is 0 Å². The SMILES string of the molecule is CC(C)(C)OCC(=O)N1CCCN(CC(N)=O)CC1. The monoisotopic (exact) mass is 271 g/mol.